The van der Waals surface area contributed by atoms with E-state index in [9.17, 15) is 9.59 Å². The molecule has 0 saturated heterocycles. The van der Waals surface area contributed by atoms with Gasteiger partial charge in [-0.3, -0.25) is 4.79 Å². The van der Waals surface area contributed by atoms with Gasteiger partial charge in [0.1, 0.15) is 11.5 Å². The Morgan fingerprint density at radius 3 is 2.11 bits per heavy atom. The van der Waals surface area contributed by atoms with Crippen molar-refractivity contribution in [3.05, 3.63) is 88.4 Å². The van der Waals surface area contributed by atoms with Crippen LogP contribution in [0.4, 0.5) is 5.69 Å². The standard InChI is InChI=1S/C27H26N6O4/c1-16(2)31-22-14-5-17(24(28)34)15-23(22)33-26(31)30-25(29-18-6-10-20(36-3)11-7-18)32(27(33)35)19-8-12-21(37-4)13-9-19/h5-16H,1-4H3,(H2,28,34). The molecule has 1 amide bonds. The molecular weight excluding hydrogens is 472 g/mol. The fourth-order valence-electron chi connectivity index (χ4n) is 4.31. The average molecular weight is 499 g/mol. The van der Waals surface area contributed by atoms with Crippen LogP contribution in [0.25, 0.3) is 22.5 Å². The maximum absolute atomic E-state index is 14.2. The number of nitrogens with zero attached hydrogens (tertiary/aromatic N) is 5. The summed E-state index contributed by atoms with van der Waals surface area (Å²) in [6.45, 7) is 4.00. The van der Waals surface area contributed by atoms with Crippen molar-refractivity contribution in [3.63, 3.8) is 0 Å². The molecule has 5 aromatic rings. The van der Waals surface area contributed by atoms with Crippen molar-refractivity contribution < 1.29 is 14.3 Å². The van der Waals surface area contributed by atoms with E-state index in [1.807, 2.05) is 18.4 Å². The number of nitrogens with two attached hydrogens (primary N) is 1. The van der Waals surface area contributed by atoms with Gasteiger partial charge in [0.25, 0.3) is 0 Å². The van der Waals surface area contributed by atoms with Crippen molar-refractivity contribution in [1.82, 2.24) is 18.5 Å². The number of aromatic nitrogens is 4. The maximum atomic E-state index is 14.2. The normalized spacial score (nSPS) is 12.0. The van der Waals surface area contributed by atoms with Gasteiger partial charge < -0.3 is 19.8 Å². The van der Waals surface area contributed by atoms with Crippen LogP contribution in [0.5, 0.6) is 11.5 Å². The summed E-state index contributed by atoms with van der Waals surface area (Å²) in [5.74, 6) is 1.15. The lowest BCUT2D eigenvalue weighted by Crippen LogP contribution is -2.39. The highest BCUT2D eigenvalue weighted by Gasteiger charge is 2.20. The van der Waals surface area contributed by atoms with Gasteiger partial charge in [-0.15, -0.1) is 0 Å². The molecule has 0 aliphatic rings. The van der Waals surface area contributed by atoms with E-state index in [1.165, 1.54) is 8.97 Å². The zero-order valence-corrected chi connectivity index (χ0v) is 20.9. The molecule has 5 rings (SSSR count). The number of ether oxygens (including phenoxy) is 2. The van der Waals surface area contributed by atoms with E-state index in [1.54, 1.807) is 80.9 Å². The fourth-order valence-corrected chi connectivity index (χ4v) is 4.31. The second-order valence-corrected chi connectivity index (χ2v) is 8.70. The SMILES string of the molecule is COc1ccc(N=c2nc3n(C(C)C)c4ccc(C(N)=O)cc4n3c(=O)n2-c2ccc(OC)cc2)cc1. The Labute approximate surface area is 211 Å². The molecule has 0 aliphatic heterocycles. The van der Waals surface area contributed by atoms with Gasteiger partial charge in [0.05, 0.1) is 36.6 Å². The average Bonchev–Trinajstić information content (AvgIpc) is 3.23. The van der Waals surface area contributed by atoms with Gasteiger partial charge in [-0.25, -0.2) is 18.8 Å². The molecule has 2 heterocycles. The number of hydrogen-bond acceptors (Lipinski definition) is 6. The van der Waals surface area contributed by atoms with Gasteiger partial charge in [-0.1, -0.05) is 0 Å². The molecule has 0 bridgehead atoms. The quantitative estimate of drug-likeness (QED) is 0.385. The van der Waals surface area contributed by atoms with Crippen LogP contribution in [0.2, 0.25) is 0 Å². The number of hydrogen-bond donors (Lipinski definition) is 1. The monoisotopic (exact) mass is 498 g/mol. The summed E-state index contributed by atoms with van der Waals surface area (Å²) in [6, 6.07) is 19.2. The second-order valence-electron chi connectivity index (χ2n) is 8.70. The Kier molecular flexibility index (Phi) is 6.00. The van der Waals surface area contributed by atoms with Crippen LogP contribution in [-0.4, -0.2) is 38.6 Å². The van der Waals surface area contributed by atoms with Crippen LogP contribution >= 0.6 is 0 Å². The summed E-state index contributed by atoms with van der Waals surface area (Å²) in [5, 5.41) is 0. The summed E-state index contributed by atoms with van der Waals surface area (Å²) in [7, 11) is 3.17. The number of amides is 1. The van der Waals surface area contributed by atoms with E-state index in [2.05, 4.69) is 0 Å². The van der Waals surface area contributed by atoms with Crippen molar-refractivity contribution >= 4 is 28.4 Å². The predicted molar refractivity (Wildman–Crippen MR) is 140 cm³/mol. The molecule has 0 radical (unpaired) electrons. The van der Waals surface area contributed by atoms with Gasteiger partial charge in [0.15, 0.2) is 0 Å². The third-order valence-corrected chi connectivity index (χ3v) is 6.11. The van der Waals surface area contributed by atoms with Crippen molar-refractivity contribution in [2.24, 2.45) is 10.7 Å². The summed E-state index contributed by atoms with van der Waals surface area (Å²) < 4.78 is 15.4. The molecule has 10 heteroatoms. The Bertz CT molecular complexity index is 1760. The van der Waals surface area contributed by atoms with Crippen LogP contribution in [0, 0.1) is 0 Å². The van der Waals surface area contributed by atoms with E-state index in [0.29, 0.717) is 39.7 Å². The first kappa shape index (κ1) is 23.9. The molecule has 2 aromatic heterocycles. The minimum absolute atomic E-state index is 0.0375. The van der Waals surface area contributed by atoms with E-state index in [4.69, 9.17) is 25.2 Å². The predicted octanol–water partition coefficient (Wildman–Crippen LogP) is 3.37. The minimum atomic E-state index is -0.581. The number of rotatable bonds is 6. The zero-order valence-electron chi connectivity index (χ0n) is 20.9. The molecule has 0 atom stereocenters. The van der Waals surface area contributed by atoms with Crippen molar-refractivity contribution in [3.8, 4) is 17.2 Å². The first-order chi connectivity index (χ1) is 17.8. The van der Waals surface area contributed by atoms with Crippen LogP contribution in [-0.2, 0) is 0 Å². The number of fused-ring (bicyclic) bond motifs is 3. The first-order valence-corrected chi connectivity index (χ1v) is 11.6. The number of primary amides is 1. The number of carbonyl (C=O) groups excluding carboxylic acids is 1. The third kappa shape index (κ3) is 4.12. The molecular formula is C27H26N6O4. The Balaban J connectivity index is 1.93. The smallest absolute Gasteiger partial charge is 0.343 e. The van der Waals surface area contributed by atoms with Gasteiger partial charge in [0, 0.05) is 11.6 Å². The van der Waals surface area contributed by atoms with E-state index >= 15 is 0 Å². The lowest BCUT2D eigenvalue weighted by molar-refractivity contribution is 0.100. The summed E-state index contributed by atoms with van der Waals surface area (Å²) in [6.07, 6.45) is 0. The van der Waals surface area contributed by atoms with Crippen LogP contribution in [0.15, 0.2) is 76.5 Å². The lowest BCUT2D eigenvalue weighted by atomic mass is 10.2. The van der Waals surface area contributed by atoms with Crippen LogP contribution in [0.3, 0.4) is 0 Å². The minimum Gasteiger partial charge on any atom is -0.497 e. The molecule has 0 saturated carbocycles. The van der Waals surface area contributed by atoms with Gasteiger partial charge in [-0.05, 0) is 80.6 Å². The van der Waals surface area contributed by atoms with Crippen LogP contribution < -0.4 is 26.5 Å². The highest BCUT2D eigenvalue weighted by Crippen LogP contribution is 2.24. The van der Waals surface area contributed by atoms with E-state index < -0.39 is 11.6 Å². The largest absolute Gasteiger partial charge is 0.497 e. The Morgan fingerprint density at radius 2 is 1.54 bits per heavy atom. The fraction of sp³-hybridized carbons (Fsp3) is 0.185. The zero-order chi connectivity index (χ0) is 26.3. The Hall–Kier alpha value is -4.86. The molecule has 37 heavy (non-hydrogen) atoms. The van der Waals surface area contributed by atoms with Gasteiger partial charge >= 0.3 is 5.69 Å². The molecule has 3 aromatic carbocycles. The van der Waals surface area contributed by atoms with E-state index in [0.717, 1.165) is 5.52 Å². The molecule has 10 nitrogen and oxygen atoms in total. The maximum Gasteiger partial charge on any atom is 0.343 e. The highest BCUT2D eigenvalue weighted by molar-refractivity contribution is 5.97. The second kappa shape index (κ2) is 9.30. The number of methoxy groups -OCH3 is 2. The van der Waals surface area contributed by atoms with Crippen molar-refractivity contribution in [2.45, 2.75) is 19.9 Å². The molecule has 0 spiro atoms. The molecule has 2 N–H and O–H groups in total. The van der Waals surface area contributed by atoms with Crippen molar-refractivity contribution in [1.29, 1.82) is 0 Å². The molecule has 188 valence electrons. The number of benzene rings is 3. The van der Waals surface area contributed by atoms with Crippen molar-refractivity contribution in [2.75, 3.05) is 14.2 Å². The molecule has 0 aliphatic carbocycles. The topological polar surface area (TPSA) is 118 Å². The third-order valence-electron chi connectivity index (χ3n) is 6.11. The van der Waals surface area contributed by atoms with Gasteiger partial charge in [0.2, 0.25) is 17.3 Å². The Morgan fingerprint density at radius 1 is 0.919 bits per heavy atom. The lowest BCUT2D eigenvalue weighted by Gasteiger charge is -2.11. The van der Waals surface area contributed by atoms with Gasteiger partial charge in [-0.2, -0.15) is 4.98 Å². The van der Waals surface area contributed by atoms with E-state index in [-0.39, 0.29) is 11.7 Å². The molecule has 0 unspecified atom stereocenters. The number of carbonyl (C=O) groups is 1. The summed E-state index contributed by atoms with van der Waals surface area (Å²) >= 11 is 0. The molecule has 0 fully saturated rings. The number of imidazole rings is 1. The summed E-state index contributed by atoms with van der Waals surface area (Å²) in [5.41, 5.74) is 8.06. The summed E-state index contributed by atoms with van der Waals surface area (Å²) in [4.78, 5) is 35.7. The first-order valence-electron chi connectivity index (χ1n) is 11.6. The highest BCUT2D eigenvalue weighted by atomic mass is 16.5. The van der Waals surface area contributed by atoms with Crippen LogP contribution in [0.1, 0.15) is 30.2 Å².